The number of ketones is 1. The first-order chi connectivity index (χ1) is 14.8. The minimum absolute atomic E-state index is 0.128. The van der Waals surface area contributed by atoms with Gasteiger partial charge in [-0.1, -0.05) is 42.5 Å². The number of aromatic nitrogens is 2. The summed E-state index contributed by atoms with van der Waals surface area (Å²) in [6, 6.07) is 17.9. The molecule has 0 fully saturated rings. The van der Waals surface area contributed by atoms with Crippen molar-refractivity contribution in [2.45, 2.75) is 18.7 Å². The van der Waals surface area contributed by atoms with Crippen LogP contribution in [-0.2, 0) is 17.1 Å². The number of Topliss-reactive ketones (excluding diaryl/α,β-unsaturated/α-hetero) is 1. The molecule has 0 unspecified atom stereocenters. The molecule has 4 rings (SSSR count). The Balaban J connectivity index is 1.68. The Morgan fingerprint density at radius 3 is 2.52 bits per heavy atom. The summed E-state index contributed by atoms with van der Waals surface area (Å²) in [7, 11) is -2.02. The standard InChI is InChI=1S/C23H21N3O3S2/c1-15-22(31(28,29)25-19-11-7-10-18(12-19)16(2)27)13-21(26(15)3)23-24-20(14-30-23)17-8-5-4-6-9-17/h4-14,25H,1-3H3. The van der Waals surface area contributed by atoms with E-state index in [0.29, 0.717) is 16.9 Å². The highest BCUT2D eigenvalue weighted by Gasteiger charge is 2.24. The number of nitrogens with zero attached hydrogens (tertiary/aromatic N) is 2. The highest BCUT2D eigenvalue weighted by Crippen LogP contribution is 2.33. The van der Waals surface area contributed by atoms with Crippen molar-refractivity contribution in [1.29, 1.82) is 0 Å². The van der Waals surface area contributed by atoms with Crippen LogP contribution < -0.4 is 4.72 Å². The monoisotopic (exact) mass is 451 g/mol. The van der Waals surface area contributed by atoms with Gasteiger partial charge in [-0.25, -0.2) is 13.4 Å². The highest BCUT2D eigenvalue weighted by molar-refractivity contribution is 7.92. The van der Waals surface area contributed by atoms with E-state index in [1.54, 1.807) is 31.2 Å². The Hall–Kier alpha value is -3.23. The minimum atomic E-state index is -3.85. The molecule has 0 radical (unpaired) electrons. The van der Waals surface area contributed by atoms with Crippen molar-refractivity contribution in [3.05, 3.63) is 77.3 Å². The number of nitrogens with one attached hydrogen (secondary N) is 1. The first-order valence-electron chi connectivity index (χ1n) is 9.58. The van der Waals surface area contributed by atoms with Crippen molar-refractivity contribution in [2.75, 3.05) is 4.72 Å². The third kappa shape index (κ3) is 4.17. The lowest BCUT2D eigenvalue weighted by atomic mass is 10.1. The van der Waals surface area contributed by atoms with Crippen molar-refractivity contribution in [1.82, 2.24) is 9.55 Å². The smallest absolute Gasteiger partial charge is 0.263 e. The molecule has 158 valence electrons. The number of benzene rings is 2. The molecule has 0 saturated carbocycles. The van der Waals surface area contributed by atoms with Crippen LogP contribution in [0.2, 0.25) is 0 Å². The second-order valence-corrected chi connectivity index (χ2v) is 9.69. The highest BCUT2D eigenvalue weighted by atomic mass is 32.2. The maximum Gasteiger partial charge on any atom is 0.263 e. The fourth-order valence-corrected chi connectivity index (χ4v) is 5.51. The van der Waals surface area contributed by atoms with Gasteiger partial charge in [0, 0.05) is 34.9 Å². The molecule has 2 aromatic carbocycles. The van der Waals surface area contributed by atoms with Crippen LogP contribution in [0.15, 0.2) is 70.9 Å². The first-order valence-corrected chi connectivity index (χ1v) is 11.9. The molecule has 1 N–H and O–H groups in total. The SMILES string of the molecule is CC(=O)c1cccc(NS(=O)(=O)c2cc(-c3nc(-c4ccccc4)cs3)n(C)c2C)c1. The molecule has 0 aliphatic carbocycles. The molecule has 31 heavy (non-hydrogen) atoms. The topological polar surface area (TPSA) is 81.1 Å². The molecular formula is C23H21N3O3S2. The van der Waals surface area contributed by atoms with Gasteiger partial charge < -0.3 is 4.57 Å². The van der Waals surface area contributed by atoms with E-state index in [0.717, 1.165) is 22.0 Å². The van der Waals surface area contributed by atoms with Gasteiger partial charge in [0.1, 0.15) is 9.90 Å². The third-order valence-electron chi connectivity index (χ3n) is 5.09. The van der Waals surface area contributed by atoms with Gasteiger partial charge in [0.2, 0.25) is 0 Å². The third-order valence-corrected chi connectivity index (χ3v) is 7.45. The lowest BCUT2D eigenvalue weighted by Gasteiger charge is -2.09. The van der Waals surface area contributed by atoms with Crippen LogP contribution in [0.1, 0.15) is 23.0 Å². The van der Waals surface area contributed by atoms with Crippen molar-refractivity contribution in [2.24, 2.45) is 7.05 Å². The molecule has 0 spiro atoms. The van der Waals surface area contributed by atoms with Gasteiger partial charge in [-0.3, -0.25) is 9.52 Å². The fourth-order valence-electron chi connectivity index (χ4n) is 3.29. The predicted molar refractivity (Wildman–Crippen MR) is 124 cm³/mol. The van der Waals surface area contributed by atoms with E-state index in [2.05, 4.69) is 4.72 Å². The summed E-state index contributed by atoms with van der Waals surface area (Å²) in [4.78, 5) is 16.5. The number of hydrogen-bond donors (Lipinski definition) is 1. The zero-order chi connectivity index (χ0) is 22.2. The Morgan fingerprint density at radius 1 is 1.06 bits per heavy atom. The van der Waals surface area contributed by atoms with Crippen LogP contribution >= 0.6 is 11.3 Å². The van der Waals surface area contributed by atoms with Crippen molar-refractivity contribution >= 4 is 32.8 Å². The molecular weight excluding hydrogens is 430 g/mol. The maximum absolute atomic E-state index is 13.1. The molecule has 2 heterocycles. The molecule has 0 atom stereocenters. The minimum Gasteiger partial charge on any atom is -0.345 e. The number of anilines is 1. The number of thiazole rings is 1. The van der Waals surface area contributed by atoms with Crippen LogP contribution in [0.3, 0.4) is 0 Å². The molecule has 4 aromatic rings. The van der Waals surface area contributed by atoms with Crippen molar-refractivity contribution < 1.29 is 13.2 Å². The molecule has 0 bridgehead atoms. The van der Waals surface area contributed by atoms with Crippen molar-refractivity contribution in [3.63, 3.8) is 0 Å². The first kappa shape index (κ1) is 21.0. The normalized spacial score (nSPS) is 11.5. The van der Waals surface area contributed by atoms with Crippen LogP contribution in [0.25, 0.3) is 22.0 Å². The zero-order valence-electron chi connectivity index (χ0n) is 17.3. The van der Waals surface area contributed by atoms with E-state index in [9.17, 15) is 13.2 Å². The lowest BCUT2D eigenvalue weighted by molar-refractivity contribution is 0.101. The van der Waals surface area contributed by atoms with E-state index in [1.165, 1.54) is 24.3 Å². The summed E-state index contributed by atoms with van der Waals surface area (Å²) in [5, 5.41) is 2.71. The predicted octanol–water partition coefficient (Wildman–Crippen LogP) is 5.13. The summed E-state index contributed by atoms with van der Waals surface area (Å²) in [6.45, 7) is 3.20. The van der Waals surface area contributed by atoms with Crippen molar-refractivity contribution in [3.8, 4) is 22.0 Å². The molecule has 6 nitrogen and oxygen atoms in total. The van der Waals surface area contributed by atoms with Gasteiger partial charge in [-0.05, 0) is 32.0 Å². The zero-order valence-corrected chi connectivity index (χ0v) is 18.9. The van der Waals surface area contributed by atoms with Gasteiger partial charge >= 0.3 is 0 Å². The average molecular weight is 452 g/mol. The Morgan fingerprint density at radius 2 is 1.81 bits per heavy atom. The average Bonchev–Trinajstić information content (AvgIpc) is 3.34. The summed E-state index contributed by atoms with van der Waals surface area (Å²) in [6.07, 6.45) is 0. The van der Waals surface area contributed by atoms with Gasteiger partial charge in [0.15, 0.2) is 5.78 Å². The number of carbonyl (C=O) groups excluding carboxylic acids is 1. The summed E-state index contributed by atoms with van der Waals surface area (Å²) in [5.74, 6) is -0.128. The van der Waals surface area contributed by atoms with E-state index in [-0.39, 0.29) is 10.7 Å². The maximum atomic E-state index is 13.1. The Kier molecular flexibility index (Phi) is 5.51. The number of sulfonamides is 1. The number of carbonyl (C=O) groups is 1. The molecule has 0 aliphatic rings. The lowest BCUT2D eigenvalue weighted by Crippen LogP contribution is -2.14. The molecule has 2 aromatic heterocycles. The Labute approximate surface area is 185 Å². The van der Waals surface area contributed by atoms with Gasteiger partial charge in [0.25, 0.3) is 10.0 Å². The number of hydrogen-bond acceptors (Lipinski definition) is 5. The molecule has 8 heteroatoms. The fraction of sp³-hybridized carbons (Fsp3) is 0.130. The number of rotatable bonds is 6. The van der Waals surface area contributed by atoms with Gasteiger partial charge in [0.05, 0.1) is 11.4 Å². The summed E-state index contributed by atoms with van der Waals surface area (Å²) >= 11 is 1.47. The van der Waals surface area contributed by atoms with E-state index in [1.807, 2.05) is 47.3 Å². The molecule has 0 aliphatic heterocycles. The Bertz CT molecular complexity index is 1370. The van der Waals surface area contributed by atoms with Crippen LogP contribution in [0.4, 0.5) is 5.69 Å². The molecule has 0 amide bonds. The van der Waals surface area contributed by atoms with Crippen LogP contribution in [0, 0.1) is 6.92 Å². The van der Waals surface area contributed by atoms with E-state index < -0.39 is 10.0 Å². The van der Waals surface area contributed by atoms with E-state index in [4.69, 9.17) is 4.98 Å². The quantitative estimate of drug-likeness (QED) is 0.412. The van der Waals surface area contributed by atoms with Crippen LogP contribution in [0.5, 0.6) is 0 Å². The molecule has 0 saturated heterocycles. The summed E-state index contributed by atoms with van der Waals surface area (Å²) < 4.78 is 30.6. The second kappa shape index (κ2) is 8.13. The van der Waals surface area contributed by atoms with Gasteiger partial charge in [-0.2, -0.15) is 0 Å². The largest absolute Gasteiger partial charge is 0.345 e. The second-order valence-electron chi connectivity index (χ2n) is 7.18. The van der Waals surface area contributed by atoms with E-state index >= 15 is 0 Å². The summed E-state index contributed by atoms with van der Waals surface area (Å²) in [5.41, 5.74) is 3.98. The van der Waals surface area contributed by atoms with Crippen LogP contribution in [-0.4, -0.2) is 23.8 Å². The van der Waals surface area contributed by atoms with Gasteiger partial charge in [-0.15, -0.1) is 11.3 Å².